The number of aromatic nitrogens is 1. The van der Waals surface area contributed by atoms with Gasteiger partial charge in [-0.25, -0.2) is 9.78 Å². The van der Waals surface area contributed by atoms with Gasteiger partial charge in [0, 0.05) is 25.6 Å². The lowest BCUT2D eigenvalue weighted by Gasteiger charge is -2.13. The molecule has 0 bridgehead atoms. The van der Waals surface area contributed by atoms with Crippen molar-refractivity contribution in [1.29, 1.82) is 0 Å². The zero-order valence-corrected chi connectivity index (χ0v) is 10.1. The van der Waals surface area contributed by atoms with Gasteiger partial charge in [0.25, 0.3) is 5.91 Å². The van der Waals surface area contributed by atoms with Crippen molar-refractivity contribution in [3.05, 3.63) is 16.1 Å². The van der Waals surface area contributed by atoms with Crippen LogP contribution in [0.3, 0.4) is 0 Å². The van der Waals surface area contributed by atoms with E-state index in [1.165, 1.54) is 5.38 Å². The van der Waals surface area contributed by atoms with Crippen molar-refractivity contribution in [1.82, 2.24) is 9.88 Å². The molecule has 7 heteroatoms. The van der Waals surface area contributed by atoms with Crippen LogP contribution in [0, 0.1) is 0 Å². The van der Waals surface area contributed by atoms with Crippen molar-refractivity contribution < 1.29 is 19.4 Å². The first-order valence-corrected chi connectivity index (χ1v) is 6.00. The molecule has 17 heavy (non-hydrogen) atoms. The van der Waals surface area contributed by atoms with Gasteiger partial charge in [-0.1, -0.05) is 0 Å². The van der Waals surface area contributed by atoms with E-state index >= 15 is 0 Å². The highest BCUT2D eigenvalue weighted by Crippen LogP contribution is 2.18. The second-order valence-corrected chi connectivity index (χ2v) is 4.60. The average molecular weight is 256 g/mol. The average Bonchev–Trinajstić information content (AvgIpc) is 2.97. The van der Waals surface area contributed by atoms with Crippen LogP contribution in [0.4, 0.5) is 0 Å². The maximum absolute atomic E-state index is 12.0. The zero-order valence-electron chi connectivity index (χ0n) is 9.25. The van der Waals surface area contributed by atoms with Gasteiger partial charge in [0.1, 0.15) is 0 Å². The predicted molar refractivity (Wildman–Crippen MR) is 60.4 cm³/mol. The van der Waals surface area contributed by atoms with Gasteiger partial charge in [0.2, 0.25) is 0 Å². The van der Waals surface area contributed by atoms with Gasteiger partial charge in [-0.05, 0) is 6.42 Å². The van der Waals surface area contributed by atoms with Crippen LogP contribution < -0.4 is 0 Å². The molecule has 1 aliphatic rings. The molecule has 92 valence electrons. The third kappa shape index (κ3) is 2.45. The van der Waals surface area contributed by atoms with E-state index in [1.54, 1.807) is 12.0 Å². The third-order valence-electron chi connectivity index (χ3n) is 2.67. The first kappa shape index (κ1) is 12.0. The Morgan fingerprint density at radius 3 is 2.94 bits per heavy atom. The Balaban J connectivity index is 2.07. The molecule has 1 atom stereocenters. The van der Waals surface area contributed by atoms with E-state index < -0.39 is 5.97 Å². The number of carbonyl (C=O) groups is 2. The Morgan fingerprint density at radius 1 is 1.65 bits per heavy atom. The van der Waals surface area contributed by atoms with E-state index in [-0.39, 0.29) is 22.7 Å². The summed E-state index contributed by atoms with van der Waals surface area (Å²) < 4.78 is 5.17. The van der Waals surface area contributed by atoms with Crippen molar-refractivity contribution in [2.24, 2.45) is 0 Å². The van der Waals surface area contributed by atoms with Gasteiger partial charge in [-0.2, -0.15) is 0 Å². The molecule has 2 rings (SSSR count). The van der Waals surface area contributed by atoms with E-state index in [0.29, 0.717) is 13.1 Å². The summed E-state index contributed by atoms with van der Waals surface area (Å²) in [5.41, 5.74) is -0.0826. The standard InChI is InChI=1S/C10H12N2O4S/c1-16-6-2-3-12(4-6)9(13)8-11-7(5-17-8)10(14)15/h5-6H,2-4H2,1H3,(H,14,15). The van der Waals surface area contributed by atoms with Crippen molar-refractivity contribution in [2.75, 3.05) is 20.2 Å². The third-order valence-corrected chi connectivity index (χ3v) is 3.50. The Labute approximate surface area is 102 Å². The fraction of sp³-hybridized carbons (Fsp3) is 0.500. The smallest absolute Gasteiger partial charge is 0.355 e. The van der Waals surface area contributed by atoms with Crippen LogP contribution in [-0.2, 0) is 4.74 Å². The number of methoxy groups -OCH3 is 1. The number of carboxylic acid groups (broad SMARTS) is 1. The molecule has 1 aromatic heterocycles. The second-order valence-electron chi connectivity index (χ2n) is 3.74. The molecule has 0 aliphatic carbocycles. The Kier molecular flexibility index (Phi) is 3.39. The molecule has 1 saturated heterocycles. The first-order chi connectivity index (χ1) is 8.11. The van der Waals surface area contributed by atoms with Crippen LogP contribution >= 0.6 is 11.3 Å². The highest BCUT2D eigenvalue weighted by Gasteiger charge is 2.28. The van der Waals surface area contributed by atoms with Gasteiger partial charge < -0.3 is 14.7 Å². The summed E-state index contributed by atoms with van der Waals surface area (Å²) in [6.45, 7) is 1.16. The highest BCUT2D eigenvalue weighted by molar-refractivity contribution is 7.11. The summed E-state index contributed by atoms with van der Waals surface area (Å²) in [5, 5.41) is 10.3. The molecule has 6 nitrogen and oxygen atoms in total. The number of carboxylic acids is 1. The second kappa shape index (κ2) is 4.80. The minimum atomic E-state index is -1.11. The number of aromatic carboxylic acids is 1. The zero-order chi connectivity index (χ0) is 12.4. The largest absolute Gasteiger partial charge is 0.476 e. The maximum atomic E-state index is 12.0. The number of rotatable bonds is 3. The van der Waals surface area contributed by atoms with Gasteiger partial charge >= 0.3 is 5.97 Å². The Morgan fingerprint density at radius 2 is 2.41 bits per heavy atom. The van der Waals surface area contributed by atoms with Gasteiger partial charge in [-0.15, -0.1) is 11.3 Å². The molecule has 2 heterocycles. The van der Waals surface area contributed by atoms with E-state index in [9.17, 15) is 9.59 Å². The molecule has 1 amide bonds. The lowest BCUT2D eigenvalue weighted by Crippen LogP contribution is -2.29. The summed E-state index contributed by atoms with van der Waals surface area (Å²) in [7, 11) is 1.62. The molecule has 0 spiro atoms. The van der Waals surface area contributed by atoms with Gasteiger partial charge in [0.15, 0.2) is 10.7 Å². The van der Waals surface area contributed by atoms with Crippen molar-refractivity contribution >= 4 is 23.2 Å². The quantitative estimate of drug-likeness (QED) is 0.861. The van der Waals surface area contributed by atoms with E-state index in [2.05, 4.69) is 4.98 Å². The number of ether oxygens (including phenoxy) is 1. The normalized spacial score (nSPS) is 19.6. The molecule has 0 radical (unpaired) electrons. The van der Waals surface area contributed by atoms with E-state index in [1.807, 2.05) is 0 Å². The van der Waals surface area contributed by atoms with Crippen LogP contribution in [0.5, 0.6) is 0 Å². The fourth-order valence-electron chi connectivity index (χ4n) is 1.71. The maximum Gasteiger partial charge on any atom is 0.355 e. The monoisotopic (exact) mass is 256 g/mol. The Bertz CT molecular complexity index is 445. The molecular formula is C10H12N2O4S. The summed E-state index contributed by atoms with van der Waals surface area (Å²) in [4.78, 5) is 28.1. The number of nitrogens with zero attached hydrogens (tertiary/aromatic N) is 2. The summed E-state index contributed by atoms with van der Waals surface area (Å²) >= 11 is 1.06. The number of hydrogen-bond donors (Lipinski definition) is 1. The fourth-order valence-corrected chi connectivity index (χ4v) is 2.47. The van der Waals surface area contributed by atoms with E-state index in [4.69, 9.17) is 9.84 Å². The van der Waals surface area contributed by atoms with Gasteiger partial charge in [-0.3, -0.25) is 4.79 Å². The van der Waals surface area contributed by atoms with Crippen LogP contribution in [0.15, 0.2) is 5.38 Å². The number of carbonyl (C=O) groups excluding carboxylic acids is 1. The predicted octanol–water partition coefficient (Wildman–Crippen LogP) is 0.702. The molecule has 1 fully saturated rings. The SMILES string of the molecule is COC1CCN(C(=O)c2nc(C(=O)O)cs2)C1. The van der Waals surface area contributed by atoms with Crippen molar-refractivity contribution in [3.8, 4) is 0 Å². The Hall–Kier alpha value is -1.47. The molecule has 0 aromatic carbocycles. The van der Waals surface area contributed by atoms with E-state index in [0.717, 1.165) is 17.8 Å². The summed E-state index contributed by atoms with van der Waals surface area (Å²) in [6.07, 6.45) is 0.872. The lowest BCUT2D eigenvalue weighted by atomic mass is 10.3. The van der Waals surface area contributed by atoms with Crippen LogP contribution in [-0.4, -0.2) is 53.2 Å². The topological polar surface area (TPSA) is 79.7 Å². The molecule has 0 saturated carbocycles. The van der Waals surface area contributed by atoms with Crippen molar-refractivity contribution in [3.63, 3.8) is 0 Å². The molecule has 1 N–H and O–H groups in total. The number of likely N-dealkylation sites (tertiary alicyclic amines) is 1. The summed E-state index contributed by atoms with van der Waals surface area (Å²) in [5.74, 6) is -1.33. The van der Waals surface area contributed by atoms with Crippen molar-refractivity contribution in [2.45, 2.75) is 12.5 Å². The number of amides is 1. The van der Waals surface area contributed by atoms with Crippen LogP contribution in [0.25, 0.3) is 0 Å². The number of hydrogen-bond acceptors (Lipinski definition) is 5. The minimum absolute atomic E-state index is 0.0675. The minimum Gasteiger partial charge on any atom is -0.476 e. The summed E-state index contributed by atoms with van der Waals surface area (Å²) in [6, 6.07) is 0. The van der Waals surface area contributed by atoms with Crippen LogP contribution in [0.2, 0.25) is 0 Å². The van der Waals surface area contributed by atoms with Crippen LogP contribution in [0.1, 0.15) is 26.7 Å². The lowest BCUT2D eigenvalue weighted by molar-refractivity contribution is 0.0690. The molecule has 1 aliphatic heterocycles. The highest BCUT2D eigenvalue weighted by atomic mass is 32.1. The number of thiazole rings is 1. The van der Waals surface area contributed by atoms with Gasteiger partial charge in [0.05, 0.1) is 6.10 Å². The molecule has 1 unspecified atom stereocenters. The first-order valence-electron chi connectivity index (χ1n) is 5.12. The molecular weight excluding hydrogens is 244 g/mol. The molecule has 1 aromatic rings.